The van der Waals surface area contributed by atoms with Crippen LogP contribution in [0.1, 0.15) is 11.1 Å². The zero-order valence-electron chi connectivity index (χ0n) is 15.1. The summed E-state index contributed by atoms with van der Waals surface area (Å²) < 4.78 is 44.6. The minimum Gasteiger partial charge on any atom is -0.484 e. The first-order chi connectivity index (χ1) is 13.3. The number of carbonyl (C=O) groups is 1. The third kappa shape index (κ3) is 4.91. The predicted molar refractivity (Wildman–Crippen MR) is 97.0 cm³/mol. The number of nitrogens with zero attached hydrogens (tertiary/aromatic N) is 3. The molecule has 8 heteroatoms. The Morgan fingerprint density at radius 1 is 1.11 bits per heavy atom. The van der Waals surface area contributed by atoms with Gasteiger partial charge in [0.15, 0.2) is 6.61 Å². The zero-order chi connectivity index (χ0) is 20.1. The summed E-state index contributed by atoms with van der Waals surface area (Å²) in [5.74, 6) is -0.0981. The molecule has 0 atom stereocenters. The van der Waals surface area contributed by atoms with E-state index in [9.17, 15) is 18.0 Å². The molecule has 0 aliphatic carbocycles. The highest BCUT2D eigenvalue weighted by molar-refractivity contribution is 5.77. The van der Waals surface area contributed by atoms with E-state index in [1.807, 2.05) is 36.5 Å². The SMILES string of the molecule is CN(Cc1cnn(-c2ccccc2)c1)C(=O)COc1ccc(C(F)(F)F)cc1. The summed E-state index contributed by atoms with van der Waals surface area (Å²) in [6.45, 7) is 0.0662. The van der Waals surface area contributed by atoms with Crippen LogP contribution >= 0.6 is 0 Å². The van der Waals surface area contributed by atoms with E-state index in [1.165, 1.54) is 17.0 Å². The largest absolute Gasteiger partial charge is 0.484 e. The molecule has 0 bridgehead atoms. The van der Waals surface area contributed by atoms with Crippen LogP contribution in [0.2, 0.25) is 0 Å². The first-order valence-corrected chi connectivity index (χ1v) is 8.46. The monoisotopic (exact) mass is 389 g/mol. The molecule has 28 heavy (non-hydrogen) atoms. The standard InChI is InChI=1S/C20H18F3N3O2/c1-25(12-15-11-24-26(13-15)17-5-3-2-4-6-17)19(27)14-28-18-9-7-16(8-10-18)20(21,22)23/h2-11,13H,12,14H2,1H3. The Kier molecular flexibility index (Phi) is 5.67. The zero-order valence-corrected chi connectivity index (χ0v) is 15.1. The number of amides is 1. The number of carbonyl (C=O) groups excluding carboxylic acids is 1. The number of para-hydroxylation sites is 1. The summed E-state index contributed by atoms with van der Waals surface area (Å²) in [6, 6.07) is 13.8. The number of likely N-dealkylation sites (N-methyl/N-ethyl adjacent to an activating group) is 1. The van der Waals surface area contributed by atoms with Crippen LogP contribution in [0.5, 0.6) is 5.75 Å². The first kappa shape index (κ1) is 19.5. The van der Waals surface area contributed by atoms with Gasteiger partial charge in [0.05, 0.1) is 17.4 Å². The maximum absolute atomic E-state index is 12.5. The number of benzene rings is 2. The van der Waals surface area contributed by atoms with Gasteiger partial charge in [-0.1, -0.05) is 18.2 Å². The van der Waals surface area contributed by atoms with Gasteiger partial charge in [-0.3, -0.25) is 4.79 Å². The number of ether oxygens (including phenoxy) is 1. The molecule has 146 valence electrons. The average Bonchev–Trinajstić information content (AvgIpc) is 3.15. The van der Waals surface area contributed by atoms with E-state index in [0.29, 0.717) is 6.54 Å². The Labute approximate surface area is 160 Å². The van der Waals surface area contributed by atoms with Crippen LogP contribution in [0.3, 0.4) is 0 Å². The summed E-state index contributed by atoms with van der Waals surface area (Å²) in [6.07, 6.45) is -0.901. The van der Waals surface area contributed by atoms with E-state index in [-0.39, 0.29) is 18.3 Å². The van der Waals surface area contributed by atoms with Crippen LogP contribution in [0, 0.1) is 0 Å². The van der Waals surface area contributed by atoms with Crippen molar-refractivity contribution in [2.75, 3.05) is 13.7 Å². The Bertz CT molecular complexity index is 922. The summed E-state index contributed by atoms with van der Waals surface area (Å²) in [5, 5.41) is 4.28. The molecule has 3 aromatic rings. The van der Waals surface area contributed by atoms with Crippen molar-refractivity contribution in [3.63, 3.8) is 0 Å². The number of aromatic nitrogens is 2. The van der Waals surface area contributed by atoms with Crippen LogP contribution in [-0.4, -0.2) is 34.2 Å². The summed E-state index contributed by atoms with van der Waals surface area (Å²) >= 11 is 0. The highest BCUT2D eigenvalue weighted by Gasteiger charge is 2.30. The Hall–Kier alpha value is -3.29. The van der Waals surface area contributed by atoms with Crippen molar-refractivity contribution in [2.45, 2.75) is 12.7 Å². The molecule has 5 nitrogen and oxygen atoms in total. The van der Waals surface area contributed by atoms with Gasteiger partial charge in [-0.2, -0.15) is 18.3 Å². The normalized spacial score (nSPS) is 11.3. The van der Waals surface area contributed by atoms with E-state index >= 15 is 0 Å². The summed E-state index contributed by atoms with van der Waals surface area (Å²) in [4.78, 5) is 13.7. The maximum atomic E-state index is 12.5. The average molecular weight is 389 g/mol. The van der Waals surface area contributed by atoms with Crippen LogP contribution in [0.4, 0.5) is 13.2 Å². The molecule has 0 saturated carbocycles. The van der Waals surface area contributed by atoms with Crippen molar-refractivity contribution >= 4 is 5.91 Å². The molecule has 1 heterocycles. The van der Waals surface area contributed by atoms with Gasteiger partial charge >= 0.3 is 6.18 Å². The van der Waals surface area contributed by atoms with Crippen molar-refractivity contribution in [1.29, 1.82) is 0 Å². The molecule has 2 aromatic carbocycles. The van der Waals surface area contributed by atoms with Crippen LogP contribution in [0.15, 0.2) is 67.0 Å². The molecule has 0 N–H and O–H groups in total. The number of hydrogen-bond donors (Lipinski definition) is 0. The van der Waals surface area contributed by atoms with E-state index in [4.69, 9.17) is 4.74 Å². The van der Waals surface area contributed by atoms with Crippen molar-refractivity contribution < 1.29 is 22.7 Å². The second-order valence-corrected chi connectivity index (χ2v) is 6.19. The van der Waals surface area contributed by atoms with Crippen LogP contribution < -0.4 is 4.74 Å². The van der Waals surface area contributed by atoms with Gasteiger partial charge in [0.2, 0.25) is 0 Å². The summed E-state index contributed by atoms with van der Waals surface area (Å²) in [5.41, 5.74) is 0.987. The minimum absolute atomic E-state index is 0.201. The Balaban J connectivity index is 1.53. The van der Waals surface area contributed by atoms with Crippen molar-refractivity contribution in [3.05, 3.63) is 78.1 Å². The van der Waals surface area contributed by atoms with Gasteiger partial charge in [0.1, 0.15) is 5.75 Å². The molecule has 0 saturated heterocycles. The third-order valence-electron chi connectivity index (χ3n) is 4.05. The van der Waals surface area contributed by atoms with E-state index in [1.54, 1.807) is 17.9 Å². The second-order valence-electron chi connectivity index (χ2n) is 6.19. The summed E-state index contributed by atoms with van der Waals surface area (Å²) in [7, 11) is 1.62. The lowest BCUT2D eigenvalue weighted by molar-refractivity contribution is -0.137. The molecule has 0 unspecified atom stereocenters. The quantitative estimate of drug-likeness (QED) is 0.642. The number of hydrogen-bond acceptors (Lipinski definition) is 3. The third-order valence-corrected chi connectivity index (χ3v) is 4.05. The van der Waals surface area contributed by atoms with Crippen molar-refractivity contribution in [1.82, 2.24) is 14.7 Å². The molecular weight excluding hydrogens is 371 g/mol. The highest BCUT2D eigenvalue weighted by Crippen LogP contribution is 2.30. The molecule has 1 aromatic heterocycles. The lowest BCUT2D eigenvalue weighted by Crippen LogP contribution is -2.30. The molecule has 0 fully saturated rings. The second kappa shape index (κ2) is 8.16. The molecule has 3 rings (SSSR count). The van der Waals surface area contributed by atoms with E-state index in [0.717, 1.165) is 23.4 Å². The van der Waals surface area contributed by atoms with E-state index < -0.39 is 11.7 Å². The van der Waals surface area contributed by atoms with Gasteiger partial charge in [-0.15, -0.1) is 0 Å². The Morgan fingerprint density at radius 2 is 1.79 bits per heavy atom. The first-order valence-electron chi connectivity index (χ1n) is 8.46. The topological polar surface area (TPSA) is 47.4 Å². The molecule has 0 aliphatic heterocycles. The molecule has 0 spiro atoms. The molecular formula is C20H18F3N3O2. The number of rotatable bonds is 6. The fraction of sp³-hybridized carbons (Fsp3) is 0.200. The van der Waals surface area contributed by atoms with Crippen LogP contribution in [0.25, 0.3) is 5.69 Å². The molecule has 0 aliphatic rings. The van der Waals surface area contributed by atoms with Crippen molar-refractivity contribution in [2.24, 2.45) is 0 Å². The van der Waals surface area contributed by atoms with Gasteiger partial charge in [-0.05, 0) is 36.4 Å². The molecule has 0 radical (unpaired) electrons. The highest BCUT2D eigenvalue weighted by atomic mass is 19.4. The van der Waals surface area contributed by atoms with Crippen LogP contribution in [-0.2, 0) is 17.5 Å². The smallest absolute Gasteiger partial charge is 0.416 e. The van der Waals surface area contributed by atoms with Gasteiger partial charge in [0, 0.05) is 25.4 Å². The molecule has 1 amide bonds. The predicted octanol–water partition coefficient (Wildman–Crippen LogP) is 3.93. The lowest BCUT2D eigenvalue weighted by Gasteiger charge is -2.16. The van der Waals surface area contributed by atoms with Gasteiger partial charge in [-0.25, -0.2) is 4.68 Å². The fourth-order valence-electron chi connectivity index (χ4n) is 2.52. The van der Waals surface area contributed by atoms with E-state index in [2.05, 4.69) is 5.10 Å². The van der Waals surface area contributed by atoms with Gasteiger partial charge < -0.3 is 9.64 Å². The minimum atomic E-state index is -4.40. The van der Waals surface area contributed by atoms with Crippen molar-refractivity contribution in [3.8, 4) is 11.4 Å². The lowest BCUT2D eigenvalue weighted by atomic mass is 10.2. The Morgan fingerprint density at radius 3 is 2.43 bits per heavy atom. The number of alkyl halides is 3. The maximum Gasteiger partial charge on any atom is 0.416 e. The number of halogens is 3. The fourth-order valence-corrected chi connectivity index (χ4v) is 2.52. The van der Waals surface area contributed by atoms with Gasteiger partial charge in [0.25, 0.3) is 5.91 Å².